The highest BCUT2D eigenvalue weighted by atomic mass is 19.1. The van der Waals surface area contributed by atoms with Gasteiger partial charge in [0.2, 0.25) is 11.7 Å². The number of benzene rings is 1. The fourth-order valence-corrected chi connectivity index (χ4v) is 3.48. The summed E-state index contributed by atoms with van der Waals surface area (Å²) < 4.78 is 20.5. The number of nitrogens with one attached hydrogen (secondary N) is 1. The molecule has 0 fully saturated rings. The Morgan fingerprint density at radius 1 is 1.25 bits per heavy atom. The molecule has 10 heteroatoms. The fraction of sp³-hybridized carbons (Fsp3) is 0.455. The lowest BCUT2D eigenvalue weighted by molar-refractivity contribution is 0.376. The number of nitrogens with two attached hydrogens (primary N) is 1. The topological polar surface area (TPSA) is 123 Å². The van der Waals surface area contributed by atoms with Crippen LogP contribution in [0.3, 0.4) is 0 Å². The van der Waals surface area contributed by atoms with Crippen LogP contribution in [-0.4, -0.2) is 32.8 Å². The molecule has 9 nitrogen and oxygen atoms in total. The molecular formula is C22H29FN6O3. The van der Waals surface area contributed by atoms with Gasteiger partial charge >= 0.3 is 5.69 Å². The van der Waals surface area contributed by atoms with Gasteiger partial charge in [-0.3, -0.25) is 14.3 Å². The quantitative estimate of drug-likeness (QED) is 0.493. The van der Waals surface area contributed by atoms with Gasteiger partial charge in [0.25, 0.3) is 5.56 Å². The van der Waals surface area contributed by atoms with Crippen LogP contribution in [0.15, 0.2) is 32.3 Å². The Hall–Kier alpha value is -3.43. The second-order valence-electron chi connectivity index (χ2n) is 7.66. The first-order valence-electron chi connectivity index (χ1n) is 10.8. The SMILES string of the molecule is CCCCn1c(N)c(N(CC)CCCc2nc(-c3ccc(C)c(F)c3)no2)c(=O)[nH]c1=O. The molecule has 0 aliphatic rings. The Morgan fingerprint density at radius 2 is 2.03 bits per heavy atom. The number of unbranched alkanes of at least 4 members (excludes halogenated alkanes) is 1. The summed E-state index contributed by atoms with van der Waals surface area (Å²) in [5, 5.41) is 3.93. The van der Waals surface area contributed by atoms with Crippen LogP contribution in [0.5, 0.6) is 0 Å². The van der Waals surface area contributed by atoms with Crippen molar-refractivity contribution in [1.29, 1.82) is 0 Å². The highest BCUT2D eigenvalue weighted by Crippen LogP contribution is 2.20. The molecule has 172 valence electrons. The van der Waals surface area contributed by atoms with Crippen molar-refractivity contribution in [1.82, 2.24) is 19.7 Å². The van der Waals surface area contributed by atoms with E-state index in [1.54, 1.807) is 19.1 Å². The van der Waals surface area contributed by atoms with Gasteiger partial charge in [0, 0.05) is 31.6 Å². The number of anilines is 2. The van der Waals surface area contributed by atoms with Crippen molar-refractivity contribution in [3.63, 3.8) is 0 Å². The summed E-state index contributed by atoms with van der Waals surface area (Å²) >= 11 is 0. The van der Waals surface area contributed by atoms with Gasteiger partial charge in [-0.05, 0) is 38.3 Å². The van der Waals surface area contributed by atoms with E-state index < -0.39 is 11.2 Å². The van der Waals surface area contributed by atoms with Crippen molar-refractivity contribution in [3.05, 3.63) is 56.3 Å². The molecule has 0 unspecified atom stereocenters. The largest absolute Gasteiger partial charge is 0.383 e. The lowest BCUT2D eigenvalue weighted by atomic mass is 10.1. The summed E-state index contributed by atoms with van der Waals surface area (Å²) in [5.41, 5.74) is 6.61. The van der Waals surface area contributed by atoms with Gasteiger partial charge in [0.15, 0.2) is 0 Å². The Labute approximate surface area is 185 Å². The molecule has 0 bridgehead atoms. The number of hydrogen-bond donors (Lipinski definition) is 2. The number of H-pyrrole nitrogens is 1. The smallest absolute Gasteiger partial charge is 0.330 e. The number of hydrogen-bond acceptors (Lipinski definition) is 7. The van der Waals surface area contributed by atoms with Gasteiger partial charge in [-0.1, -0.05) is 30.6 Å². The average Bonchev–Trinajstić information content (AvgIpc) is 3.23. The maximum atomic E-state index is 13.8. The first-order chi connectivity index (χ1) is 15.3. The van der Waals surface area contributed by atoms with Crippen molar-refractivity contribution in [2.45, 2.75) is 53.0 Å². The van der Waals surface area contributed by atoms with E-state index in [0.717, 1.165) is 12.8 Å². The number of nitrogen functional groups attached to an aromatic ring is 1. The molecule has 0 radical (unpaired) electrons. The number of halogens is 1. The van der Waals surface area contributed by atoms with Crippen LogP contribution in [0, 0.1) is 12.7 Å². The number of aromatic amines is 1. The number of aryl methyl sites for hydroxylation is 2. The van der Waals surface area contributed by atoms with Crippen LogP contribution in [0.4, 0.5) is 15.9 Å². The molecule has 0 amide bonds. The first-order valence-corrected chi connectivity index (χ1v) is 10.8. The Kier molecular flexibility index (Phi) is 7.45. The molecule has 1 aromatic carbocycles. The first kappa shape index (κ1) is 23.2. The molecule has 0 aliphatic carbocycles. The minimum absolute atomic E-state index is 0.176. The lowest BCUT2D eigenvalue weighted by Crippen LogP contribution is -2.39. The van der Waals surface area contributed by atoms with Crippen molar-refractivity contribution < 1.29 is 8.91 Å². The van der Waals surface area contributed by atoms with E-state index in [9.17, 15) is 14.0 Å². The highest BCUT2D eigenvalue weighted by Gasteiger charge is 2.18. The summed E-state index contributed by atoms with van der Waals surface area (Å²) in [6, 6.07) is 4.79. The maximum Gasteiger partial charge on any atom is 0.330 e. The minimum Gasteiger partial charge on any atom is -0.383 e. The van der Waals surface area contributed by atoms with E-state index in [0.29, 0.717) is 61.0 Å². The van der Waals surface area contributed by atoms with Gasteiger partial charge in [0.05, 0.1) is 0 Å². The van der Waals surface area contributed by atoms with Gasteiger partial charge in [-0.25, -0.2) is 9.18 Å². The third kappa shape index (κ3) is 5.06. The van der Waals surface area contributed by atoms with E-state index in [1.807, 2.05) is 18.7 Å². The number of rotatable bonds is 10. The third-order valence-electron chi connectivity index (χ3n) is 5.36. The van der Waals surface area contributed by atoms with Crippen LogP contribution in [0.2, 0.25) is 0 Å². The van der Waals surface area contributed by atoms with Crippen molar-refractivity contribution in [2.75, 3.05) is 23.7 Å². The number of aromatic nitrogens is 4. The van der Waals surface area contributed by atoms with E-state index in [4.69, 9.17) is 10.3 Å². The molecule has 0 aliphatic heterocycles. The average molecular weight is 445 g/mol. The van der Waals surface area contributed by atoms with Crippen LogP contribution in [0.1, 0.15) is 44.6 Å². The zero-order valence-corrected chi connectivity index (χ0v) is 18.7. The molecule has 0 saturated carbocycles. The molecule has 2 heterocycles. The lowest BCUT2D eigenvalue weighted by Gasteiger charge is -2.24. The molecular weight excluding hydrogens is 415 g/mol. The molecule has 3 rings (SSSR count). The summed E-state index contributed by atoms with van der Waals surface area (Å²) in [4.78, 5) is 33.2. The molecule has 32 heavy (non-hydrogen) atoms. The second kappa shape index (κ2) is 10.3. The normalized spacial score (nSPS) is 11.1. The summed E-state index contributed by atoms with van der Waals surface area (Å²) in [5.74, 6) is 0.604. The van der Waals surface area contributed by atoms with E-state index in [-0.39, 0.29) is 11.6 Å². The summed E-state index contributed by atoms with van der Waals surface area (Å²) in [7, 11) is 0. The highest BCUT2D eigenvalue weighted by molar-refractivity contribution is 5.62. The van der Waals surface area contributed by atoms with Crippen molar-refractivity contribution in [2.24, 2.45) is 0 Å². The zero-order chi connectivity index (χ0) is 23.3. The summed E-state index contributed by atoms with van der Waals surface area (Å²) in [6.07, 6.45) is 2.78. The van der Waals surface area contributed by atoms with Gasteiger partial charge in [-0.15, -0.1) is 0 Å². The zero-order valence-electron chi connectivity index (χ0n) is 18.7. The molecule has 0 spiro atoms. The van der Waals surface area contributed by atoms with Crippen molar-refractivity contribution >= 4 is 11.5 Å². The Balaban J connectivity index is 1.70. The van der Waals surface area contributed by atoms with E-state index in [1.165, 1.54) is 10.6 Å². The van der Waals surface area contributed by atoms with Crippen molar-refractivity contribution in [3.8, 4) is 11.4 Å². The Morgan fingerprint density at radius 3 is 2.72 bits per heavy atom. The maximum absolute atomic E-state index is 13.8. The summed E-state index contributed by atoms with van der Waals surface area (Å²) in [6.45, 7) is 7.12. The van der Waals surface area contributed by atoms with Gasteiger partial charge in [-0.2, -0.15) is 4.98 Å². The standard InChI is InChI=1S/C22H29FN6O3/c1-4-6-12-29-19(24)18(21(30)26-22(29)31)28(5-2)11-7-8-17-25-20(27-32-17)15-10-9-14(3)16(23)13-15/h9-10,13H,4-8,11-12,24H2,1-3H3,(H,26,30,31). The Bertz CT molecular complexity index is 1180. The molecule has 3 aromatic rings. The molecule has 0 atom stereocenters. The molecule has 2 aromatic heterocycles. The van der Waals surface area contributed by atoms with Gasteiger partial charge < -0.3 is 15.2 Å². The second-order valence-corrected chi connectivity index (χ2v) is 7.66. The van der Waals surface area contributed by atoms with Crippen LogP contribution in [-0.2, 0) is 13.0 Å². The minimum atomic E-state index is -0.497. The van der Waals surface area contributed by atoms with Crippen LogP contribution >= 0.6 is 0 Å². The van der Waals surface area contributed by atoms with Crippen LogP contribution in [0.25, 0.3) is 11.4 Å². The van der Waals surface area contributed by atoms with Gasteiger partial charge in [0.1, 0.15) is 17.3 Å². The monoisotopic (exact) mass is 444 g/mol. The predicted octanol–water partition coefficient (Wildman–Crippen LogP) is 2.88. The molecule has 3 N–H and O–H groups in total. The fourth-order valence-electron chi connectivity index (χ4n) is 3.48. The predicted molar refractivity (Wildman–Crippen MR) is 121 cm³/mol. The van der Waals surface area contributed by atoms with E-state index in [2.05, 4.69) is 15.1 Å². The molecule has 0 saturated heterocycles. The number of nitrogens with zero attached hydrogens (tertiary/aromatic N) is 4. The van der Waals surface area contributed by atoms with Crippen LogP contribution < -0.4 is 21.9 Å². The van der Waals surface area contributed by atoms with E-state index >= 15 is 0 Å². The third-order valence-corrected chi connectivity index (χ3v) is 5.36.